The maximum absolute atomic E-state index is 12.8. The van der Waals surface area contributed by atoms with E-state index in [1.54, 1.807) is 24.3 Å². The van der Waals surface area contributed by atoms with Gasteiger partial charge in [-0.2, -0.15) is 0 Å². The standard InChI is InChI=1S/C23H22ClN3O3/c24-19-13-7-8-14-20(19)26-27-22(28)21(15-17-9-3-1-4-10-17)25-23(29)30-16-18-11-5-2-6-12-18/h1-14,21,26H,15-16H2,(H,25,29)(H,27,28)/t21-/m1/s1. The van der Waals surface area contributed by atoms with E-state index in [1.807, 2.05) is 60.7 Å². The third-order valence-electron chi connectivity index (χ3n) is 4.30. The number of anilines is 1. The summed E-state index contributed by atoms with van der Waals surface area (Å²) in [6.07, 6.45) is -0.371. The number of hydrazine groups is 1. The maximum atomic E-state index is 12.8. The highest BCUT2D eigenvalue weighted by Gasteiger charge is 2.22. The minimum atomic E-state index is -0.842. The van der Waals surface area contributed by atoms with E-state index >= 15 is 0 Å². The van der Waals surface area contributed by atoms with Crippen molar-refractivity contribution in [3.05, 3.63) is 101 Å². The molecule has 0 radical (unpaired) electrons. The minimum absolute atomic E-state index is 0.115. The van der Waals surface area contributed by atoms with Crippen molar-refractivity contribution in [2.75, 3.05) is 5.43 Å². The van der Waals surface area contributed by atoms with Crippen molar-refractivity contribution in [1.82, 2.24) is 10.7 Å². The molecule has 3 N–H and O–H groups in total. The number of hydrogen-bond acceptors (Lipinski definition) is 4. The Labute approximate surface area is 180 Å². The fourth-order valence-corrected chi connectivity index (χ4v) is 2.93. The number of carbonyl (C=O) groups excluding carboxylic acids is 2. The van der Waals surface area contributed by atoms with Gasteiger partial charge in [0, 0.05) is 6.42 Å². The lowest BCUT2D eigenvalue weighted by atomic mass is 10.1. The van der Waals surface area contributed by atoms with Crippen molar-refractivity contribution < 1.29 is 14.3 Å². The number of hydrogen-bond donors (Lipinski definition) is 3. The van der Waals surface area contributed by atoms with E-state index < -0.39 is 18.0 Å². The number of alkyl carbamates (subject to hydrolysis) is 1. The molecule has 6 nitrogen and oxygen atoms in total. The van der Waals surface area contributed by atoms with E-state index in [0.717, 1.165) is 11.1 Å². The van der Waals surface area contributed by atoms with E-state index in [0.29, 0.717) is 17.1 Å². The largest absolute Gasteiger partial charge is 0.445 e. The monoisotopic (exact) mass is 423 g/mol. The summed E-state index contributed by atoms with van der Waals surface area (Å²) in [7, 11) is 0. The normalized spacial score (nSPS) is 11.2. The molecule has 0 spiro atoms. The summed E-state index contributed by atoms with van der Waals surface area (Å²) in [5, 5.41) is 3.11. The zero-order valence-electron chi connectivity index (χ0n) is 16.2. The van der Waals surface area contributed by atoms with E-state index in [1.165, 1.54) is 0 Å². The van der Waals surface area contributed by atoms with Gasteiger partial charge in [-0.3, -0.25) is 15.6 Å². The molecule has 2 amide bonds. The van der Waals surface area contributed by atoms with Crippen molar-refractivity contribution in [2.24, 2.45) is 0 Å². The third-order valence-corrected chi connectivity index (χ3v) is 4.63. The first-order valence-corrected chi connectivity index (χ1v) is 9.81. The summed E-state index contributed by atoms with van der Waals surface area (Å²) in [5.41, 5.74) is 7.70. The van der Waals surface area contributed by atoms with Gasteiger partial charge in [-0.25, -0.2) is 4.79 Å². The predicted octanol–water partition coefficient (Wildman–Crippen LogP) is 4.32. The predicted molar refractivity (Wildman–Crippen MR) is 117 cm³/mol. The molecule has 0 unspecified atom stereocenters. The highest BCUT2D eigenvalue weighted by atomic mass is 35.5. The Morgan fingerprint density at radius 2 is 1.43 bits per heavy atom. The molecule has 3 aromatic carbocycles. The first kappa shape index (κ1) is 21.2. The number of ether oxygens (including phenoxy) is 1. The summed E-state index contributed by atoms with van der Waals surface area (Å²) in [4.78, 5) is 25.0. The summed E-state index contributed by atoms with van der Waals surface area (Å²) >= 11 is 6.10. The second-order valence-electron chi connectivity index (χ2n) is 6.54. The average Bonchev–Trinajstić information content (AvgIpc) is 2.78. The molecule has 0 saturated carbocycles. The molecule has 1 atom stereocenters. The molecule has 0 fully saturated rings. The highest BCUT2D eigenvalue weighted by Crippen LogP contribution is 2.19. The molecular weight excluding hydrogens is 402 g/mol. The van der Waals surface area contributed by atoms with Crippen molar-refractivity contribution in [2.45, 2.75) is 19.1 Å². The fourth-order valence-electron chi connectivity index (χ4n) is 2.74. The van der Waals surface area contributed by atoms with Crippen molar-refractivity contribution >= 4 is 29.3 Å². The maximum Gasteiger partial charge on any atom is 0.408 e. The Bertz CT molecular complexity index is 968. The molecule has 0 aliphatic carbocycles. The van der Waals surface area contributed by atoms with Gasteiger partial charge in [0.15, 0.2) is 0 Å². The Balaban J connectivity index is 1.62. The van der Waals surface area contributed by atoms with Crippen LogP contribution < -0.4 is 16.2 Å². The molecular formula is C23H22ClN3O3. The van der Waals surface area contributed by atoms with Crippen LogP contribution in [0.2, 0.25) is 5.02 Å². The Morgan fingerprint density at radius 1 is 0.833 bits per heavy atom. The van der Waals surface area contributed by atoms with Gasteiger partial charge in [0.1, 0.15) is 12.6 Å². The quantitative estimate of drug-likeness (QED) is 0.471. The molecule has 30 heavy (non-hydrogen) atoms. The summed E-state index contributed by atoms with van der Waals surface area (Å²) in [6.45, 7) is 0.115. The van der Waals surface area contributed by atoms with Gasteiger partial charge in [0.2, 0.25) is 0 Å². The zero-order valence-corrected chi connectivity index (χ0v) is 16.9. The molecule has 0 aliphatic rings. The molecule has 0 aromatic heterocycles. The molecule has 7 heteroatoms. The second kappa shape index (κ2) is 10.9. The number of amides is 2. The van der Waals surface area contributed by atoms with E-state index in [2.05, 4.69) is 16.2 Å². The molecule has 0 bridgehead atoms. The van der Waals surface area contributed by atoms with Crippen molar-refractivity contribution in [1.29, 1.82) is 0 Å². The number of carbonyl (C=O) groups is 2. The first-order chi connectivity index (χ1) is 14.6. The number of para-hydroxylation sites is 1. The van der Waals surface area contributed by atoms with Crippen molar-refractivity contribution in [3.63, 3.8) is 0 Å². The van der Waals surface area contributed by atoms with Crippen LogP contribution in [0.5, 0.6) is 0 Å². The second-order valence-corrected chi connectivity index (χ2v) is 6.95. The van der Waals surface area contributed by atoms with Gasteiger partial charge < -0.3 is 10.1 Å². The highest BCUT2D eigenvalue weighted by molar-refractivity contribution is 6.33. The van der Waals surface area contributed by atoms with E-state index in [-0.39, 0.29) is 6.61 Å². The molecule has 154 valence electrons. The first-order valence-electron chi connectivity index (χ1n) is 9.43. The van der Waals surface area contributed by atoms with Crippen LogP contribution in [0.1, 0.15) is 11.1 Å². The van der Waals surface area contributed by atoms with Crippen molar-refractivity contribution in [3.8, 4) is 0 Å². The van der Waals surface area contributed by atoms with E-state index in [4.69, 9.17) is 16.3 Å². The van der Waals surface area contributed by atoms with Crippen LogP contribution in [0.4, 0.5) is 10.5 Å². The zero-order chi connectivity index (χ0) is 21.2. The lowest BCUT2D eigenvalue weighted by Crippen LogP contribution is -2.49. The van der Waals surface area contributed by atoms with Gasteiger partial charge in [0.25, 0.3) is 5.91 Å². The number of nitrogens with one attached hydrogen (secondary N) is 3. The van der Waals surface area contributed by atoms with Crippen LogP contribution in [-0.4, -0.2) is 18.0 Å². The van der Waals surface area contributed by atoms with Crippen LogP contribution in [-0.2, 0) is 22.6 Å². The van der Waals surface area contributed by atoms with Crippen LogP contribution in [0, 0.1) is 0 Å². The summed E-state index contributed by atoms with van der Waals surface area (Å²) in [5.74, 6) is -0.421. The number of halogens is 1. The van der Waals surface area contributed by atoms with Gasteiger partial charge in [-0.15, -0.1) is 0 Å². The molecule has 3 aromatic rings. The molecule has 0 saturated heterocycles. The number of rotatable bonds is 8. The average molecular weight is 424 g/mol. The Morgan fingerprint density at radius 3 is 2.10 bits per heavy atom. The lowest BCUT2D eigenvalue weighted by molar-refractivity contribution is -0.122. The summed E-state index contributed by atoms with van der Waals surface area (Å²) in [6, 6.07) is 24.9. The lowest BCUT2D eigenvalue weighted by Gasteiger charge is -2.19. The van der Waals surface area contributed by atoms with Gasteiger partial charge in [-0.1, -0.05) is 84.4 Å². The SMILES string of the molecule is O=C(N[C@H](Cc1ccccc1)C(=O)NNc1ccccc1Cl)OCc1ccccc1. The Kier molecular flexibility index (Phi) is 7.69. The van der Waals surface area contributed by atoms with Crippen LogP contribution >= 0.6 is 11.6 Å². The van der Waals surface area contributed by atoms with Crippen LogP contribution in [0.15, 0.2) is 84.9 Å². The van der Waals surface area contributed by atoms with Gasteiger partial charge >= 0.3 is 6.09 Å². The van der Waals surface area contributed by atoms with E-state index in [9.17, 15) is 9.59 Å². The number of benzene rings is 3. The van der Waals surface area contributed by atoms with Gasteiger partial charge in [0.05, 0.1) is 10.7 Å². The van der Waals surface area contributed by atoms with Crippen LogP contribution in [0.25, 0.3) is 0 Å². The molecule has 3 rings (SSSR count). The molecule has 0 aliphatic heterocycles. The Hall–Kier alpha value is -3.51. The molecule has 0 heterocycles. The van der Waals surface area contributed by atoms with Gasteiger partial charge in [-0.05, 0) is 23.3 Å². The minimum Gasteiger partial charge on any atom is -0.445 e. The third kappa shape index (κ3) is 6.53. The fraction of sp³-hybridized carbons (Fsp3) is 0.130. The van der Waals surface area contributed by atoms with Crippen LogP contribution in [0.3, 0.4) is 0 Å². The smallest absolute Gasteiger partial charge is 0.408 e. The topological polar surface area (TPSA) is 79.5 Å². The summed E-state index contributed by atoms with van der Waals surface area (Å²) < 4.78 is 5.26.